The highest BCUT2D eigenvalue weighted by Gasteiger charge is 2.34. The van der Waals surface area contributed by atoms with Crippen molar-refractivity contribution < 1.29 is 13.7 Å². The Morgan fingerprint density at radius 3 is 2.33 bits per heavy atom. The Balaban J connectivity index is 2.51. The van der Waals surface area contributed by atoms with Crippen LogP contribution in [0.2, 0.25) is 0 Å². The van der Waals surface area contributed by atoms with E-state index in [2.05, 4.69) is 20.8 Å². The fourth-order valence-electron chi connectivity index (χ4n) is 2.59. The molecule has 1 aromatic rings. The van der Waals surface area contributed by atoms with Crippen molar-refractivity contribution in [1.82, 2.24) is 4.90 Å². The van der Waals surface area contributed by atoms with Gasteiger partial charge in [0.2, 0.25) is 5.82 Å². The molecule has 5 nitrogen and oxygen atoms in total. The van der Waals surface area contributed by atoms with Crippen LogP contribution in [0.3, 0.4) is 0 Å². The summed E-state index contributed by atoms with van der Waals surface area (Å²) in [6.45, 7) is 4.89. The lowest BCUT2D eigenvalue weighted by Gasteiger charge is -2.43. The maximum absolute atomic E-state index is 14.0. The van der Waals surface area contributed by atoms with Crippen LogP contribution in [0, 0.1) is 21.7 Å². The second-order valence-electron chi connectivity index (χ2n) is 5.38. The van der Waals surface area contributed by atoms with Gasteiger partial charge in [-0.05, 0) is 36.8 Å². The van der Waals surface area contributed by atoms with Gasteiger partial charge in [0.05, 0.1) is 9.40 Å². The third-order valence-corrected chi connectivity index (χ3v) is 4.73. The van der Waals surface area contributed by atoms with Crippen LogP contribution in [0.25, 0.3) is 0 Å². The summed E-state index contributed by atoms with van der Waals surface area (Å²) < 4.78 is 27.3. The number of rotatable bonds is 2. The van der Waals surface area contributed by atoms with Crippen LogP contribution in [0.5, 0.6) is 0 Å². The van der Waals surface area contributed by atoms with Gasteiger partial charge in [0.25, 0.3) is 0 Å². The summed E-state index contributed by atoms with van der Waals surface area (Å²) in [4.78, 5) is 14.2. The third kappa shape index (κ3) is 2.87. The molecule has 1 fully saturated rings. The molecular weight excluding hydrogens is 348 g/mol. The van der Waals surface area contributed by atoms with Crippen molar-refractivity contribution in [3.8, 4) is 0 Å². The predicted molar refractivity (Wildman–Crippen MR) is 79.6 cm³/mol. The number of nitrogens with zero attached hydrogens (tertiary/aromatic N) is 3. The molecule has 0 amide bonds. The van der Waals surface area contributed by atoms with E-state index in [-0.39, 0.29) is 17.8 Å². The van der Waals surface area contributed by atoms with Gasteiger partial charge in [-0.15, -0.1) is 0 Å². The van der Waals surface area contributed by atoms with E-state index >= 15 is 0 Å². The Bertz CT molecular complexity index is 573. The van der Waals surface area contributed by atoms with Crippen molar-refractivity contribution in [2.45, 2.75) is 25.9 Å². The van der Waals surface area contributed by atoms with E-state index in [0.29, 0.717) is 13.1 Å². The number of benzene rings is 1. The van der Waals surface area contributed by atoms with Crippen molar-refractivity contribution in [1.29, 1.82) is 0 Å². The lowest BCUT2D eigenvalue weighted by molar-refractivity contribution is -0.386. The standard InChI is InChI=1S/C13H16BrF2N3O2/c1-7-5-18(6-8(2)17(7)3)10-4-9(15)11(14)12(16)13(10)19(20)21/h4,7-8H,5-6H2,1-3H3/t7-,8+. The van der Waals surface area contributed by atoms with Gasteiger partial charge in [-0.2, -0.15) is 4.39 Å². The lowest BCUT2D eigenvalue weighted by atomic mass is 10.1. The fraction of sp³-hybridized carbons (Fsp3) is 0.538. The molecule has 8 heteroatoms. The SMILES string of the molecule is C[C@@H]1CN(c2cc(F)c(Br)c(F)c2[N+](=O)[O-])C[C@H](C)N1C. The molecule has 0 aromatic heterocycles. The molecule has 0 bridgehead atoms. The minimum atomic E-state index is -1.17. The van der Waals surface area contributed by atoms with Gasteiger partial charge in [-0.3, -0.25) is 15.0 Å². The molecule has 0 N–H and O–H groups in total. The number of hydrogen-bond acceptors (Lipinski definition) is 4. The Morgan fingerprint density at radius 2 is 1.86 bits per heavy atom. The normalized spacial score (nSPS) is 23.4. The van der Waals surface area contributed by atoms with Crippen molar-refractivity contribution in [3.63, 3.8) is 0 Å². The highest BCUT2D eigenvalue weighted by atomic mass is 79.9. The topological polar surface area (TPSA) is 49.6 Å². The van der Waals surface area contributed by atoms with Crippen LogP contribution in [-0.4, -0.2) is 42.0 Å². The number of anilines is 1. The summed E-state index contributed by atoms with van der Waals surface area (Å²) in [6, 6.07) is 1.28. The Kier molecular flexibility index (Phi) is 4.48. The Morgan fingerprint density at radius 1 is 1.33 bits per heavy atom. The van der Waals surface area contributed by atoms with Gasteiger partial charge in [-0.1, -0.05) is 0 Å². The van der Waals surface area contributed by atoms with Crippen molar-refractivity contribution >= 4 is 27.3 Å². The van der Waals surface area contributed by atoms with E-state index < -0.39 is 26.7 Å². The molecule has 1 saturated heterocycles. The molecular formula is C13H16BrF2N3O2. The van der Waals surface area contributed by atoms with E-state index in [1.807, 2.05) is 20.9 Å². The number of likely N-dealkylation sites (N-methyl/N-ethyl adjacent to an activating group) is 1. The van der Waals surface area contributed by atoms with Crippen LogP contribution in [0.1, 0.15) is 13.8 Å². The largest absolute Gasteiger partial charge is 0.363 e. The molecule has 1 aliphatic rings. The van der Waals surface area contributed by atoms with E-state index in [4.69, 9.17) is 0 Å². The lowest BCUT2D eigenvalue weighted by Crippen LogP contribution is -2.55. The first-order valence-electron chi connectivity index (χ1n) is 6.52. The second-order valence-corrected chi connectivity index (χ2v) is 6.17. The Labute approximate surface area is 129 Å². The maximum atomic E-state index is 14.0. The van der Waals surface area contributed by atoms with Crippen molar-refractivity contribution in [2.75, 3.05) is 25.0 Å². The number of hydrogen-bond donors (Lipinski definition) is 0. The average molecular weight is 364 g/mol. The zero-order valence-corrected chi connectivity index (χ0v) is 13.5. The second kappa shape index (κ2) is 5.84. The van der Waals surface area contributed by atoms with E-state index in [1.165, 1.54) is 0 Å². The molecule has 116 valence electrons. The average Bonchev–Trinajstić information content (AvgIpc) is 2.40. The fourth-order valence-corrected chi connectivity index (χ4v) is 2.89. The summed E-state index contributed by atoms with van der Waals surface area (Å²) in [7, 11) is 1.96. The molecule has 1 heterocycles. The molecule has 2 rings (SSSR count). The van der Waals surface area contributed by atoms with Gasteiger partial charge >= 0.3 is 5.69 Å². The first-order valence-corrected chi connectivity index (χ1v) is 7.32. The molecule has 0 saturated carbocycles. The van der Waals surface area contributed by atoms with Crippen LogP contribution in [0.15, 0.2) is 10.5 Å². The monoisotopic (exact) mass is 363 g/mol. The first-order chi connectivity index (χ1) is 9.73. The third-order valence-electron chi connectivity index (χ3n) is 4.00. The van der Waals surface area contributed by atoms with Crippen LogP contribution in [-0.2, 0) is 0 Å². The summed E-state index contributed by atoms with van der Waals surface area (Å²) in [5, 5.41) is 11.2. The van der Waals surface area contributed by atoms with E-state index in [9.17, 15) is 18.9 Å². The molecule has 1 aromatic carbocycles. The van der Waals surface area contributed by atoms with Crippen molar-refractivity contribution in [2.24, 2.45) is 0 Å². The molecule has 0 spiro atoms. The number of piperazine rings is 1. The predicted octanol–water partition coefficient (Wildman–Crippen LogP) is 3.16. The molecule has 0 unspecified atom stereocenters. The molecule has 2 atom stereocenters. The molecule has 0 radical (unpaired) electrons. The minimum absolute atomic E-state index is 0.00926. The summed E-state index contributed by atoms with van der Waals surface area (Å²) in [5.41, 5.74) is -0.697. The van der Waals surface area contributed by atoms with E-state index in [0.717, 1.165) is 6.07 Å². The van der Waals surface area contributed by atoms with Gasteiger partial charge in [-0.25, -0.2) is 4.39 Å². The van der Waals surface area contributed by atoms with Crippen LogP contribution in [0.4, 0.5) is 20.2 Å². The summed E-state index contributed by atoms with van der Waals surface area (Å²) in [6.07, 6.45) is 0. The summed E-state index contributed by atoms with van der Waals surface area (Å²) >= 11 is 2.71. The molecule has 1 aliphatic heterocycles. The van der Waals surface area contributed by atoms with Crippen LogP contribution >= 0.6 is 15.9 Å². The maximum Gasteiger partial charge on any atom is 0.329 e. The number of nitro groups is 1. The van der Waals surface area contributed by atoms with Gasteiger partial charge in [0.1, 0.15) is 11.5 Å². The highest BCUT2D eigenvalue weighted by molar-refractivity contribution is 9.10. The first kappa shape index (κ1) is 16.1. The van der Waals surface area contributed by atoms with Crippen LogP contribution < -0.4 is 4.90 Å². The van der Waals surface area contributed by atoms with Crippen molar-refractivity contribution in [3.05, 3.63) is 32.3 Å². The molecule has 0 aliphatic carbocycles. The van der Waals surface area contributed by atoms with Gasteiger partial charge < -0.3 is 4.90 Å². The minimum Gasteiger partial charge on any atom is -0.363 e. The van der Waals surface area contributed by atoms with Gasteiger partial charge in [0.15, 0.2) is 0 Å². The Hall–Kier alpha value is -1.28. The zero-order chi connectivity index (χ0) is 15.9. The molecule has 21 heavy (non-hydrogen) atoms. The summed E-state index contributed by atoms with van der Waals surface area (Å²) in [5.74, 6) is -2.01. The van der Waals surface area contributed by atoms with Gasteiger partial charge in [0, 0.05) is 31.2 Å². The quantitative estimate of drug-likeness (QED) is 0.460. The smallest absolute Gasteiger partial charge is 0.329 e. The zero-order valence-electron chi connectivity index (χ0n) is 11.9. The number of nitro benzene ring substituents is 1. The highest BCUT2D eigenvalue weighted by Crippen LogP contribution is 2.38. The number of halogens is 3. The van der Waals surface area contributed by atoms with E-state index in [1.54, 1.807) is 4.90 Å².